The molecule has 0 aliphatic heterocycles. The molecule has 4 atom stereocenters. The minimum Gasteiger partial charge on any atom is -0.394 e. The van der Waals surface area contributed by atoms with Gasteiger partial charge in [0.15, 0.2) is 0 Å². The summed E-state index contributed by atoms with van der Waals surface area (Å²) in [5.74, 6) is 0. The molecule has 7 heteroatoms. The maximum Gasteiger partial charge on any atom is 0.111 e. The van der Waals surface area contributed by atoms with Crippen molar-refractivity contribution >= 4 is 22.9 Å². The highest BCUT2D eigenvalue weighted by molar-refractivity contribution is 14.1. The van der Waals surface area contributed by atoms with Crippen LogP contribution in [0.2, 0.25) is 0 Å². The number of rotatable bonds is 6. The molecule has 0 spiro atoms. The molecular formula is C7H16INO5. The van der Waals surface area contributed by atoms with Crippen molar-refractivity contribution in [2.24, 2.45) is 0 Å². The van der Waals surface area contributed by atoms with Crippen LogP contribution in [-0.2, 0) is 0 Å². The van der Waals surface area contributed by atoms with Crippen LogP contribution in [0.1, 0.15) is 0 Å². The zero-order valence-corrected chi connectivity index (χ0v) is 9.94. The minimum absolute atomic E-state index is 0.150. The second-order valence-corrected chi connectivity index (χ2v) is 4.73. The second kappa shape index (κ2) is 6.88. The van der Waals surface area contributed by atoms with E-state index in [1.807, 2.05) is 22.9 Å². The molecule has 0 unspecified atom stereocenters. The average Bonchev–Trinajstić information content (AvgIpc) is 2.13. The molecule has 6 nitrogen and oxygen atoms in total. The molecule has 0 saturated carbocycles. The van der Waals surface area contributed by atoms with E-state index in [-0.39, 0.29) is 6.54 Å². The van der Waals surface area contributed by atoms with E-state index in [2.05, 4.69) is 0 Å². The predicted molar refractivity (Wildman–Crippen MR) is 57.8 cm³/mol. The monoisotopic (exact) mass is 321 g/mol. The lowest BCUT2D eigenvalue weighted by molar-refractivity contribution is -0.115. The lowest BCUT2D eigenvalue weighted by Gasteiger charge is -2.26. The maximum absolute atomic E-state index is 9.35. The molecule has 5 N–H and O–H groups in total. The quantitative estimate of drug-likeness (QED) is 0.279. The van der Waals surface area contributed by atoms with E-state index in [4.69, 9.17) is 10.2 Å². The van der Waals surface area contributed by atoms with Crippen molar-refractivity contribution < 1.29 is 25.5 Å². The van der Waals surface area contributed by atoms with Gasteiger partial charge in [-0.05, 0) is 7.05 Å². The van der Waals surface area contributed by atoms with Crippen molar-refractivity contribution in [3.63, 3.8) is 0 Å². The summed E-state index contributed by atoms with van der Waals surface area (Å²) in [6.07, 6.45) is -5.65. The van der Waals surface area contributed by atoms with Crippen LogP contribution < -0.4 is 0 Å². The lowest BCUT2D eigenvalue weighted by atomic mass is 10.0. The molecule has 0 aromatic rings. The number of aliphatic hydroxyl groups excluding tert-OH is 5. The van der Waals surface area contributed by atoms with Gasteiger partial charge in [0.05, 0.1) is 12.7 Å². The van der Waals surface area contributed by atoms with Crippen molar-refractivity contribution in [1.82, 2.24) is 3.11 Å². The molecule has 0 aliphatic rings. The molecule has 0 aromatic heterocycles. The third kappa shape index (κ3) is 4.82. The average molecular weight is 321 g/mol. The molecule has 14 heavy (non-hydrogen) atoms. The molecule has 0 bridgehead atoms. The Bertz CT molecular complexity index is 159. The van der Waals surface area contributed by atoms with E-state index < -0.39 is 31.0 Å². The van der Waals surface area contributed by atoms with Crippen LogP contribution in [0.25, 0.3) is 0 Å². The van der Waals surface area contributed by atoms with Crippen LogP contribution in [0.15, 0.2) is 0 Å². The normalized spacial score (nSPS) is 20.6. The fraction of sp³-hybridized carbons (Fsp3) is 1.00. The van der Waals surface area contributed by atoms with Gasteiger partial charge in [-0.15, -0.1) is 0 Å². The number of nitrogens with zero attached hydrogens (tertiary/aromatic N) is 1. The van der Waals surface area contributed by atoms with Crippen molar-refractivity contribution in [1.29, 1.82) is 0 Å². The maximum atomic E-state index is 9.35. The zero-order valence-electron chi connectivity index (χ0n) is 7.78. The van der Waals surface area contributed by atoms with Gasteiger partial charge in [-0.1, -0.05) is 0 Å². The number of halogens is 1. The van der Waals surface area contributed by atoms with Gasteiger partial charge in [0, 0.05) is 29.4 Å². The van der Waals surface area contributed by atoms with E-state index >= 15 is 0 Å². The first-order valence-electron chi connectivity index (χ1n) is 4.10. The SMILES string of the molecule is CN(I)C[C@H](O)[C@@H](O)[C@H](O)[C@H](O)CO. The second-order valence-electron chi connectivity index (χ2n) is 3.09. The number of hydrogen-bond acceptors (Lipinski definition) is 6. The number of hydrogen-bond donors (Lipinski definition) is 5. The van der Waals surface area contributed by atoms with Gasteiger partial charge in [-0.25, -0.2) is 3.11 Å². The topological polar surface area (TPSA) is 104 Å². The Balaban J connectivity index is 4.09. The largest absolute Gasteiger partial charge is 0.394 e. The fourth-order valence-corrected chi connectivity index (χ4v) is 1.33. The Labute approximate surface area is 96.3 Å². The van der Waals surface area contributed by atoms with Crippen LogP contribution in [-0.4, -0.2) is 73.3 Å². The van der Waals surface area contributed by atoms with Gasteiger partial charge >= 0.3 is 0 Å². The fourth-order valence-electron chi connectivity index (χ4n) is 0.929. The molecule has 0 amide bonds. The first-order chi connectivity index (χ1) is 6.40. The molecule has 0 fully saturated rings. The summed E-state index contributed by atoms with van der Waals surface area (Å²) in [5, 5.41) is 45.4. The van der Waals surface area contributed by atoms with Gasteiger partial charge in [0.2, 0.25) is 0 Å². The number of aliphatic hydroxyl groups is 5. The summed E-state index contributed by atoms with van der Waals surface area (Å²) >= 11 is 1.91. The molecule has 0 saturated heterocycles. The highest BCUT2D eigenvalue weighted by atomic mass is 127. The van der Waals surface area contributed by atoms with Crippen LogP contribution >= 0.6 is 22.9 Å². The van der Waals surface area contributed by atoms with E-state index in [1.165, 1.54) is 0 Å². The Kier molecular flexibility index (Phi) is 7.12. The molecule has 86 valence electrons. The summed E-state index contributed by atoms with van der Waals surface area (Å²) in [6, 6.07) is 0. The Morgan fingerprint density at radius 2 is 1.50 bits per heavy atom. The Hall–Kier alpha value is 0.490. The highest BCUT2D eigenvalue weighted by Gasteiger charge is 2.30. The molecule has 0 rings (SSSR count). The Morgan fingerprint density at radius 3 is 1.86 bits per heavy atom. The zero-order chi connectivity index (χ0) is 11.3. The van der Waals surface area contributed by atoms with Gasteiger partial charge in [0.1, 0.15) is 18.3 Å². The van der Waals surface area contributed by atoms with E-state index in [9.17, 15) is 15.3 Å². The van der Waals surface area contributed by atoms with Crippen LogP contribution in [0.4, 0.5) is 0 Å². The predicted octanol–water partition coefficient (Wildman–Crippen LogP) is -2.30. The van der Waals surface area contributed by atoms with Gasteiger partial charge in [-0.2, -0.15) is 0 Å². The molecule has 0 aliphatic carbocycles. The van der Waals surface area contributed by atoms with E-state index in [0.717, 1.165) is 0 Å². The summed E-state index contributed by atoms with van der Waals surface area (Å²) in [5.41, 5.74) is 0. The van der Waals surface area contributed by atoms with E-state index in [1.54, 1.807) is 10.2 Å². The smallest absolute Gasteiger partial charge is 0.111 e. The van der Waals surface area contributed by atoms with Crippen molar-refractivity contribution in [2.75, 3.05) is 20.2 Å². The van der Waals surface area contributed by atoms with Crippen molar-refractivity contribution in [3.8, 4) is 0 Å². The van der Waals surface area contributed by atoms with Crippen molar-refractivity contribution in [2.45, 2.75) is 24.4 Å². The van der Waals surface area contributed by atoms with Gasteiger partial charge < -0.3 is 25.5 Å². The van der Waals surface area contributed by atoms with Crippen molar-refractivity contribution in [3.05, 3.63) is 0 Å². The summed E-state index contributed by atoms with van der Waals surface area (Å²) < 4.78 is 1.60. The van der Waals surface area contributed by atoms with Crippen LogP contribution in [0.5, 0.6) is 0 Å². The molecule has 0 heterocycles. The summed E-state index contributed by atoms with van der Waals surface area (Å²) in [6.45, 7) is -0.512. The number of likely N-dealkylation sites (N-methyl/N-ethyl adjacent to an activating group) is 1. The van der Waals surface area contributed by atoms with Gasteiger partial charge in [-0.3, -0.25) is 0 Å². The van der Waals surface area contributed by atoms with E-state index in [0.29, 0.717) is 0 Å². The van der Waals surface area contributed by atoms with Crippen LogP contribution in [0.3, 0.4) is 0 Å². The third-order valence-electron chi connectivity index (χ3n) is 1.76. The van der Waals surface area contributed by atoms with Gasteiger partial charge in [0.25, 0.3) is 0 Å². The molecular weight excluding hydrogens is 305 g/mol. The first kappa shape index (κ1) is 14.5. The standard InChI is InChI=1S/C7H16INO5/c1-9(8)2-4(11)6(13)7(14)5(12)3-10/h4-7,10-14H,2-3H2,1H3/t4-,5+,6+,7+/m0/s1. The summed E-state index contributed by atoms with van der Waals surface area (Å²) in [7, 11) is 1.69. The minimum atomic E-state index is -1.55. The Morgan fingerprint density at radius 1 is 1.07 bits per heavy atom. The molecule has 0 aromatic carbocycles. The lowest BCUT2D eigenvalue weighted by Crippen LogP contribution is -2.48. The summed E-state index contributed by atoms with van der Waals surface area (Å²) in [4.78, 5) is 0. The molecule has 0 radical (unpaired) electrons. The third-order valence-corrected chi connectivity index (χ3v) is 2.16. The highest BCUT2D eigenvalue weighted by Crippen LogP contribution is 2.07. The first-order valence-corrected chi connectivity index (χ1v) is 5.06. The van der Waals surface area contributed by atoms with Crippen LogP contribution in [0, 0.1) is 0 Å².